The van der Waals surface area contributed by atoms with Crippen molar-refractivity contribution in [3.05, 3.63) is 29.6 Å². The number of carbonyl (C=O) groups is 1. The standard InChI is InChI=1S/C15H19N3O2/c1-4-8-16-13-11-7-6-10(3)18-14(11)17-9-12(13)15(19)20-5-2/h6-7,9H,4-5,8H2,1-3H3,(H,16,17,18). The largest absolute Gasteiger partial charge is 0.462 e. The number of ether oxygens (including phenoxy) is 1. The molecule has 0 spiro atoms. The Morgan fingerprint density at radius 1 is 1.35 bits per heavy atom. The number of hydrogen-bond acceptors (Lipinski definition) is 5. The van der Waals surface area contributed by atoms with Gasteiger partial charge in [-0.2, -0.15) is 0 Å². The van der Waals surface area contributed by atoms with Crippen LogP contribution in [0.4, 0.5) is 5.69 Å². The SMILES string of the molecule is CCCNc1c(C(=O)OCC)cnc2nc(C)ccc12. The molecule has 2 heterocycles. The first-order valence-electron chi connectivity index (χ1n) is 6.84. The predicted molar refractivity (Wildman–Crippen MR) is 79.0 cm³/mol. The van der Waals surface area contributed by atoms with E-state index in [1.807, 2.05) is 19.1 Å². The Morgan fingerprint density at radius 3 is 2.85 bits per heavy atom. The van der Waals surface area contributed by atoms with E-state index >= 15 is 0 Å². The third-order valence-corrected chi connectivity index (χ3v) is 2.92. The maximum atomic E-state index is 12.0. The van der Waals surface area contributed by atoms with Crippen molar-refractivity contribution in [2.45, 2.75) is 27.2 Å². The quantitative estimate of drug-likeness (QED) is 0.848. The van der Waals surface area contributed by atoms with E-state index in [0.29, 0.717) is 17.8 Å². The first-order chi connectivity index (χ1) is 9.67. The number of pyridine rings is 2. The van der Waals surface area contributed by atoms with E-state index < -0.39 is 0 Å². The van der Waals surface area contributed by atoms with Crippen LogP contribution in [0, 0.1) is 6.92 Å². The van der Waals surface area contributed by atoms with E-state index in [1.54, 1.807) is 6.92 Å². The molecule has 5 nitrogen and oxygen atoms in total. The van der Waals surface area contributed by atoms with Crippen molar-refractivity contribution >= 4 is 22.7 Å². The van der Waals surface area contributed by atoms with Crippen LogP contribution in [0.3, 0.4) is 0 Å². The van der Waals surface area contributed by atoms with Crippen LogP contribution in [-0.2, 0) is 4.74 Å². The van der Waals surface area contributed by atoms with Crippen molar-refractivity contribution in [3.63, 3.8) is 0 Å². The number of rotatable bonds is 5. The zero-order valence-electron chi connectivity index (χ0n) is 12.1. The zero-order valence-corrected chi connectivity index (χ0v) is 12.1. The normalized spacial score (nSPS) is 10.6. The summed E-state index contributed by atoms with van der Waals surface area (Å²) in [7, 11) is 0. The number of carbonyl (C=O) groups excluding carboxylic acids is 1. The van der Waals surface area contributed by atoms with Crippen molar-refractivity contribution < 1.29 is 9.53 Å². The molecule has 0 fully saturated rings. The van der Waals surface area contributed by atoms with Crippen molar-refractivity contribution in [3.8, 4) is 0 Å². The summed E-state index contributed by atoms with van der Waals surface area (Å²) in [5.41, 5.74) is 2.74. The number of nitrogens with one attached hydrogen (secondary N) is 1. The molecule has 2 aromatic heterocycles. The molecule has 106 valence electrons. The van der Waals surface area contributed by atoms with Crippen molar-refractivity contribution in [1.29, 1.82) is 0 Å². The Bertz CT molecular complexity index is 626. The van der Waals surface area contributed by atoms with Gasteiger partial charge in [-0.05, 0) is 32.4 Å². The molecule has 5 heteroatoms. The molecule has 20 heavy (non-hydrogen) atoms. The Kier molecular flexibility index (Phi) is 4.50. The van der Waals surface area contributed by atoms with Crippen LogP contribution >= 0.6 is 0 Å². The molecule has 0 atom stereocenters. The van der Waals surface area contributed by atoms with Gasteiger partial charge in [0.15, 0.2) is 5.65 Å². The zero-order chi connectivity index (χ0) is 14.5. The highest BCUT2D eigenvalue weighted by atomic mass is 16.5. The molecule has 0 bridgehead atoms. The Labute approximate surface area is 118 Å². The molecule has 0 aliphatic rings. The molecule has 2 rings (SSSR count). The summed E-state index contributed by atoms with van der Waals surface area (Å²) < 4.78 is 5.08. The lowest BCUT2D eigenvalue weighted by Crippen LogP contribution is -2.12. The minimum atomic E-state index is -0.360. The summed E-state index contributed by atoms with van der Waals surface area (Å²) in [6, 6.07) is 3.85. The van der Waals surface area contributed by atoms with E-state index in [9.17, 15) is 4.79 Å². The summed E-state index contributed by atoms with van der Waals surface area (Å²) in [5.74, 6) is -0.360. The Morgan fingerprint density at radius 2 is 2.15 bits per heavy atom. The van der Waals surface area contributed by atoms with E-state index in [0.717, 1.165) is 29.7 Å². The summed E-state index contributed by atoms with van der Waals surface area (Å²) in [5, 5.41) is 4.13. The molecule has 1 N–H and O–H groups in total. The highest BCUT2D eigenvalue weighted by Gasteiger charge is 2.16. The van der Waals surface area contributed by atoms with Gasteiger partial charge in [-0.3, -0.25) is 0 Å². The third-order valence-electron chi connectivity index (χ3n) is 2.92. The molecule has 0 amide bonds. The molecule has 0 aliphatic heterocycles. The van der Waals surface area contributed by atoms with Gasteiger partial charge in [0.2, 0.25) is 0 Å². The number of hydrogen-bond donors (Lipinski definition) is 1. The van der Waals surface area contributed by atoms with E-state index in [2.05, 4.69) is 22.2 Å². The maximum Gasteiger partial charge on any atom is 0.341 e. The fraction of sp³-hybridized carbons (Fsp3) is 0.400. The molecule has 0 saturated carbocycles. The van der Waals surface area contributed by atoms with Crippen LogP contribution in [0.1, 0.15) is 36.3 Å². The summed E-state index contributed by atoms with van der Waals surface area (Å²) in [6.45, 7) is 6.90. The van der Waals surface area contributed by atoms with E-state index in [-0.39, 0.29) is 5.97 Å². The van der Waals surface area contributed by atoms with Crippen LogP contribution in [0.25, 0.3) is 11.0 Å². The fourth-order valence-electron chi connectivity index (χ4n) is 1.98. The Balaban J connectivity index is 2.56. The molecule has 0 saturated heterocycles. The summed E-state index contributed by atoms with van der Waals surface area (Å²) in [6.07, 6.45) is 2.50. The van der Waals surface area contributed by atoms with Gasteiger partial charge in [0.05, 0.1) is 12.3 Å². The third kappa shape index (κ3) is 2.87. The van der Waals surface area contributed by atoms with Gasteiger partial charge >= 0.3 is 5.97 Å². The van der Waals surface area contributed by atoms with Gasteiger partial charge < -0.3 is 10.1 Å². The van der Waals surface area contributed by atoms with E-state index in [4.69, 9.17) is 4.74 Å². The van der Waals surface area contributed by atoms with Crippen LogP contribution in [0.5, 0.6) is 0 Å². The average Bonchev–Trinajstić information content (AvgIpc) is 2.44. The first kappa shape index (κ1) is 14.2. The number of fused-ring (bicyclic) bond motifs is 1. The number of nitrogens with zero attached hydrogens (tertiary/aromatic N) is 2. The minimum Gasteiger partial charge on any atom is -0.462 e. The second-order valence-corrected chi connectivity index (χ2v) is 4.52. The van der Waals surface area contributed by atoms with Crippen molar-refractivity contribution in [2.75, 3.05) is 18.5 Å². The monoisotopic (exact) mass is 273 g/mol. The summed E-state index contributed by atoms with van der Waals surface area (Å²) >= 11 is 0. The van der Waals surface area contributed by atoms with Crippen LogP contribution in [0.15, 0.2) is 18.3 Å². The number of esters is 1. The highest BCUT2D eigenvalue weighted by molar-refractivity contribution is 6.04. The molecular formula is C15H19N3O2. The molecule has 0 unspecified atom stereocenters. The number of aromatic nitrogens is 2. The fourth-order valence-corrected chi connectivity index (χ4v) is 1.98. The van der Waals surface area contributed by atoms with Crippen LogP contribution in [0.2, 0.25) is 0 Å². The van der Waals surface area contributed by atoms with Gasteiger partial charge in [-0.1, -0.05) is 6.92 Å². The van der Waals surface area contributed by atoms with Crippen LogP contribution in [-0.4, -0.2) is 29.1 Å². The lowest BCUT2D eigenvalue weighted by Gasteiger charge is -2.13. The van der Waals surface area contributed by atoms with Gasteiger partial charge in [-0.25, -0.2) is 14.8 Å². The smallest absolute Gasteiger partial charge is 0.341 e. The molecule has 0 radical (unpaired) electrons. The molecule has 2 aromatic rings. The lowest BCUT2D eigenvalue weighted by molar-refractivity contribution is 0.0527. The molecule has 0 aromatic carbocycles. The predicted octanol–water partition coefficient (Wildman–Crippen LogP) is 2.94. The second-order valence-electron chi connectivity index (χ2n) is 4.52. The number of aryl methyl sites for hydroxylation is 1. The molecule has 0 aliphatic carbocycles. The Hall–Kier alpha value is -2.17. The highest BCUT2D eigenvalue weighted by Crippen LogP contribution is 2.26. The van der Waals surface area contributed by atoms with E-state index in [1.165, 1.54) is 6.20 Å². The number of anilines is 1. The average molecular weight is 273 g/mol. The van der Waals surface area contributed by atoms with Gasteiger partial charge in [0.1, 0.15) is 5.56 Å². The molecular weight excluding hydrogens is 254 g/mol. The first-order valence-corrected chi connectivity index (χ1v) is 6.84. The minimum absolute atomic E-state index is 0.343. The lowest BCUT2D eigenvalue weighted by atomic mass is 10.1. The van der Waals surface area contributed by atoms with Crippen LogP contribution < -0.4 is 5.32 Å². The van der Waals surface area contributed by atoms with Crippen molar-refractivity contribution in [2.24, 2.45) is 0 Å². The summed E-state index contributed by atoms with van der Waals surface area (Å²) in [4.78, 5) is 20.7. The van der Waals surface area contributed by atoms with Gasteiger partial charge in [0, 0.05) is 23.8 Å². The van der Waals surface area contributed by atoms with Gasteiger partial charge in [0.25, 0.3) is 0 Å². The van der Waals surface area contributed by atoms with Gasteiger partial charge in [-0.15, -0.1) is 0 Å². The topological polar surface area (TPSA) is 64.1 Å². The maximum absolute atomic E-state index is 12.0. The van der Waals surface area contributed by atoms with Crippen molar-refractivity contribution in [1.82, 2.24) is 9.97 Å². The second kappa shape index (κ2) is 6.32.